The number of nitrogens with zero attached hydrogens (tertiary/aromatic N) is 2. The predicted octanol–water partition coefficient (Wildman–Crippen LogP) is 3.20. The van der Waals surface area contributed by atoms with Gasteiger partial charge < -0.3 is 10.6 Å². The molecule has 1 aromatic heterocycles. The molecule has 1 heterocycles. The summed E-state index contributed by atoms with van der Waals surface area (Å²) in [6.07, 6.45) is 0.781. The molecule has 0 aliphatic carbocycles. The van der Waals surface area contributed by atoms with Crippen molar-refractivity contribution in [2.75, 3.05) is 11.1 Å². The molecule has 0 radical (unpaired) electrons. The third-order valence-corrected chi connectivity index (χ3v) is 5.57. The second-order valence-corrected chi connectivity index (χ2v) is 7.89. The molecule has 0 saturated heterocycles. The molecule has 162 valence electrons. The van der Waals surface area contributed by atoms with Gasteiger partial charge in [-0.15, -0.1) is 5.10 Å². The van der Waals surface area contributed by atoms with Crippen molar-refractivity contribution in [3.05, 3.63) is 76.2 Å². The highest BCUT2D eigenvalue weighted by atomic mass is 32.2. The number of H-pyrrole nitrogens is 1. The first kappa shape index (κ1) is 22.4. The summed E-state index contributed by atoms with van der Waals surface area (Å²) in [6.45, 7) is 4.40. The van der Waals surface area contributed by atoms with E-state index in [1.54, 1.807) is 24.3 Å². The Kier molecular flexibility index (Phi) is 7.66. The Morgan fingerprint density at radius 3 is 2.58 bits per heavy atom. The number of benzene rings is 2. The SMILES string of the molecule is CCCn1c(SCC(=O)Nc2ccccc2C(=O)N[C@H](C)c2ccccc2)n[nH]c1=O. The van der Waals surface area contributed by atoms with Crippen molar-refractivity contribution < 1.29 is 9.59 Å². The lowest BCUT2D eigenvalue weighted by molar-refractivity contribution is -0.113. The Morgan fingerprint density at radius 2 is 1.84 bits per heavy atom. The Bertz CT molecular complexity index is 1090. The number of anilines is 1. The molecule has 0 unspecified atom stereocenters. The molecule has 9 heteroatoms. The molecular weight excluding hydrogens is 414 g/mol. The zero-order chi connectivity index (χ0) is 22.2. The summed E-state index contributed by atoms with van der Waals surface area (Å²) in [5, 5.41) is 12.6. The number of aromatic nitrogens is 3. The fraction of sp³-hybridized carbons (Fsp3) is 0.273. The van der Waals surface area contributed by atoms with Crippen LogP contribution in [0.3, 0.4) is 0 Å². The number of carbonyl (C=O) groups excluding carboxylic acids is 2. The van der Waals surface area contributed by atoms with E-state index in [1.165, 1.54) is 16.3 Å². The molecule has 31 heavy (non-hydrogen) atoms. The topological polar surface area (TPSA) is 109 Å². The van der Waals surface area contributed by atoms with E-state index in [4.69, 9.17) is 0 Å². The number of amides is 2. The van der Waals surface area contributed by atoms with Gasteiger partial charge in [0.15, 0.2) is 5.16 Å². The number of rotatable bonds is 9. The first-order valence-corrected chi connectivity index (χ1v) is 11.0. The van der Waals surface area contributed by atoms with E-state index in [-0.39, 0.29) is 29.3 Å². The fourth-order valence-electron chi connectivity index (χ4n) is 3.04. The smallest absolute Gasteiger partial charge is 0.343 e. The fourth-order valence-corrected chi connectivity index (χ4v) is 3.81. The highest BCUT2D eigenvalue weighted by Crippen LogP contribution is 2.19. The first-order chi connectivity index (χ1) is 15.0. The Labute approximate surface area is 184 Å². The number of hydrogen-bond acceptors (Lipinski definition) is 5. The largest absolute Gasteiger partial charge is 0.345 e. The van der Waals surface area contributed by atoms with Crippen LogP contribution in [0.15, 0.2) is 64.5 Å². The van der Waals surface area contributed by atoms with E-state index in [9.17, 15) is 14.4 Å². The summed E-state index contributed by atoms with van der Waals surface area (Å²) in [7, 11) is 0. The molecule has 8 nitrogen and oxygen atoms in total. The summed E-state index contributed by atoms with van der Waals surface area (Å²) < 4.78 is 1.50. The molecule has 0 bridgehead atoms. The standard InChI is InChI=1S/C22H25N5O3S/c1-3-13-27-21(30)25-26-22(27)31-14-19(28)24-18-12-8-7-11-17(18)20(29)23-15(2)16-9-5-4-6-10-16/h4-12,15H,3,13-14H2,1-2H3,(H,23,29)(H,24,28)(H,25,30)/t15-/m1/s1. The molecule has 0 aliphatic rings. The molecule has 3 N–H and O–H groups in total. The van der Waals surface area contributed by atoms with Crippen LogP contribution in [0.2, 0.25) is 0 Å². The number of para-hydroxylation sites is 1. The molecule has 0 fully saturated rings. The van der Waals surface area contributed by atoms with Crippen LogP contribution >= 0.6 is 11.8 Å². The minimum atomic E-state index is -0.292. The van der Waals surface area contributed by atoms with Crippen LogP contribution in [0.1, 0.15) is 42.2 Å². The van der Waals surface area contributed by atoms with Crippen molar-refractivity contribution in [2.45, 2.75) is 38.0 Å². The summed E-state index contributed by atoms with van der Waals surface area (Å²) in [5.74, 6) is -0.506. The van der Waals surface area contributed by atoms with Crippen molar-refractivity contribution in [2.24, 2.45) is 0 Å². The van der Waals surface area contributed by atoms with Crippen LogP contribution in [-0.2, 0) is 11.3 Å². The van der Waals surface area contributed by atoms with Crippen molar-refractivity contribution in [3.8, 4) is 0 Å². The lowest BCUT2D eigenvalue weighted by atomic mass is 10.1. The van der Waals surface area contributed by atoms with Gasteiger partial charge in [0, 0.05) is 6.54 Å². The molecule has 3 aromatic rings. The molecule has 0 spiro atoms. The monoisotopic (exact) mass is 439 g/mol. The minimum absolute atomic E-state index is 0.0599. The van der Waals surface area contributed by atoms with Gasteiger partial charge in [0.05, 0.1) is 23.0 Å². The number of hydrogen-bond donors (Lipinski definition) is 3. The van der Waals surface area contributed by atoms with E-state index in [0.717, 1.165) is 12.0 Å². The van der Waals surface area contributed by atoms with Gasteiger partial charge in [0.25, 0.3) is 5.91 Å². The van der Waals surface area contributed by atoms with Gasteiger partial charge in [-0.25, -0.2) is 9.89 Å². The molecule has 2 amide bonds. The zero-order valence-electron chi connectivity index (χ0n) is 17.4. The van der Waals surface area contributed by atoms with Gasteiger partial charge in [-0.2, -0.15) is 0 Å². The van der Waals surface area contributed by atoms with Crippen molar-refractivity contribution in [3.63, 3.8) is 0 Å². The predicted molar refractivity (Wildman–Crippen MR) is 121 cm³/mol. The van der Waals surface area contributed by atoms with E-state index < -0.39 is 0 Å². The van der Waals surface area contributed by atoms with Crippen LogP contribution in [0.25, 0.3) is 0 Å². The maximum Gasteiger partial charge on any atom is 0.343 e. The second kappa shape index (κ2) is 10.6. The Hall–Kier alpha value is -3.33. The number of aromatic amines is 1. The number of nitrogens with one attached hydrogen (secondary N) is 3. The maximum atomic E-state index is 12.8. The van der Waals surface area contributed by atoms with Gasteiger partial charge in [0.2, 0.25) is 5.91 Å². The van der Waals surface area contributed by atoms with Crippen LogP contribution in [-0.4, -0.2) is 32.3 Å². The normalized spacial score (nSPS) is 11.7. The van der Waals surface area contributed by atoms with Gasteiger partial charge in [-0.05, 0) is 31.0 Å². The second-order valence-electron chi connectivity index (χ2n) is 6.95. The first-order valence-electron chi connectivity index (χ1n) is 10.0. The minimum Gasteiger partial charge on any atom is -0.345 e. The van der Waals surface area contributed by atoms with Crippen LogP contribution in [0.4, 0.5) is 5.69 Å². The van der Waals surface area contributed by atoms with Gasteiger partial charge in [-0.1, -0.05) is 61.2 Å². The summed E-state index contributed by atoms with van der Waals surface area (Å²) in [4.78, 5) is 37.1. The van der Waals surface area contributed by atoms with E-state index >= 15 is 0 Å². The Balaban J connectivity index is 1.64. The van der Waals surface area contributed by atoms with E-state index in [2.05, 4.69) is 20.8 Å². The summed E-state index contributed by atoms with van der Waals surface area (Å²) in [5.41, 5.74) is 1.51. The van der Waals surface area contributed by atoms with Crippen molar-refractivity contribution in [1.82, 2.24) is 20.1 Å². The zero-order valence-corrected chi connectivity index (χ0v) is 18.2. The lowest BCUT2D eigenvalue weighted by Crippen LogP contribution is -2.28. The molecule has 0 aliphatic heterocycles. The molecule has 0 saturated carbocycles. The molecular formula is C22H25N5O3S. The highest BCUT2D eigenvalue weighted by Gasteiger charge is 2.17. The van der Waals surface area contributed by atoms with E-state index in [1.807, 2.05) is 44.2 Å². The maximum absolute atomic E-state index is 12.8. The van der Waals surface area contributed by atoms with Gasteiger partial charge >= 0.3 is 5.69 Å². The third-order valence-electron chi connectivity index (χ3n) is 4.60. The molecule has 1 atom stereocenters. The Morgan fingerprint density at radius 1 is 1.13 bits per heavy atom. The van der Waals surface area contributed by atoms with Crippen LogP contribution in [0.5, 0.6) is 0 Å². The number of thioether (sulfide) groups is 1. The van der Waals surface area contributed by atoms with Crippen molar-refractivity contribution >= 4 is 29.3 Å². The molecule has 3 rings (SSSR count). The average Bonchev–Trinajstić information content (AvgIpc) is 3.13. The third kappa shape index (κ3) is 5.85. The van der Waals surface area contributed by atoms with Gasteiger partial charge in [0.1, 0.15) is 0 Å². The summed E-state index contributed by atoms with van der Waals surface area (Å²) >= 11 is 1.17. The van der Waals surface area contributed by atoms with Crippen molar-refractivity contribution in [1.29, 1.82) is 0 Å². The summed E-state index contributed by atoms with van der Waals surface area (Å²) in [6, 6.07) is 16.3. The quantitative estimate of drug-likeness (QED) is 0.444. The highest BCUT2D eigenvalue weighted by molar-refractivity contribution is 7.99. The average molecular weight is 440 g/mol. The van der Waals surface area contributed by atoms with E-state index in [0.29, 0.717) is 23.0 Å². The lowest BCUT2D eigenvalue weighted by Gasteiger charge is -2.16. The van der Waals surface area contributed by atoms with Crippen LogP contribution < -0.4 is 16.3 Å². The molecule has 2 aromatic carbocycles. The van der Waals surface area contributed by atoms with Gasteiger partial charge in [-0.3, -0.25) is 14.2 Å². The number of carbonyl (C=O) groups is 2. The van der Waals surface area contributed by atoms with Crippen LogP contribution in [0, 0.1) is 0 Å².